The third kappa shape index (κ3) is 7.16. The molecule has 196 valence electrons. The highest BCUT2D eigenvalue weighted by Crippen LogP contribution is 2.44. The molecule has 8 atom stereocenters. The maximum atomic E-state index is 10.6. The van der Waals surface area contributed by atoms with E-state index in [0.717, 1.165) is 31.3 Å². The van der Waals surface area contributed by atoms with Crippen LogP contribution in [-0.4, -0.2) is 43.6 Å². The Labute approximate surface area is 211 Å². The average molecular weight is 493 g/mol. The van der Waals surface area contributed by atoms with Crippen LogP contribution in [0.15, 0.2) is 36.5 Å². The first kappa shape index (κ1) is 29.5. The van der Waals surface area contributed by atoms with Gasteiger partial charge in [-0.05, 0) is 55.5 Å². The Morgan fingerprint density at radius 1 is 1.29 bits per heavy atom. The average Bonchev–Trinajstić information content (AvgIpc) is 2.76. The van der Waals surface area contributed by atoms with Gasteiger partial charge in [-0.25, -0.2) is 0 Å². The van der Waals surface area contributed by atoms with Crippen molar-refractivity contribution >= 4 is 8.32 Å². The fraction of sp³-hybridized carbons (Fsp3) is 0.793. The van der Waals surface area contributed by atoms with Crippen molar-refractivity contribution in [3.63, 3.8) is 0 Å². The van der Waals surface area contributed by atoms with Crippen molar-refractivity contribution in [2.45, 2.75) is 129 Å². The van der Waals surface area contributed by atoms with E-state index in [4.69, 9.17) is 13.9 Å². The first-order chi connectivity index (χ1) is 15.6. The first-order valence-corrected chi connectivity index (χ1v) is 16.3. The molecule has 0 amide bonds. The highest BCUT2D eigenvalue weighted by atomic mass is 28.4. The first-order valence-electron chi connectivity index (χ1n) is 13.3. The van der Waals surface area contributed by atoms with E-state index >= 15 is 0 Å². The van der Waals surface area contributed by atoms with E-state index in [1.54, 1.807) is 6.08 Å². The molecule has 0 bridgehead atoms. The van der Waals surface area contributed by atoms with Gasteiger partial charge < -0.3 is 19.0 Å². The summed E-state index contributed by atoms with van der Waals surface area (Å²) in [6.07, 6.45) is 11.4. The summed E-state index contributed by atoms with van der Waals surface area (Å²) in [6.45, 7) is 26.0. The topological polar surface area (TPSA) is 47.9 Å². The molecule has 1 saturated heterocycles. The van der Waals surface area contributed by atoms with Crippen LogP contribution in [0.2, 0.25) is 18.1 Å². The monoisotopic (exact) mass is 492 g/mol. The zero-order chi connectivity index (χ0) is 25.9. The summed E-state index contributed by atoms with van der Waals surface area (Å²) in [5.74, 6) is 0.0952. The predicted octanol–water partition coefficient (Wildman–Crippen LogP) is 7.41. The lowest BCUT2D eigenvalue weighted by Crippen LogP contribution is -2.55. The lowest BCUT2D eigenvalue weighted by atomic mass is 9.86. The fourth-order valence-electron chi connectivity index (χ4n) is 4.72. The Kier molecular flexibility index (Phi) is 10.0. The van der Waals surface area contributed by atoms with E-state index < -0.39 is 20.2 Å². The molecule has 2 heterocycles. The zero-order valence-corrected chi connectivity index (χ0v) is 24.6. The molecule has 1 spiro atoms. The Bertz CT molecular complexity index is 737. The van der Waals surface area contributed by atoms with E-state index in [9.17, 15) is 5.11 Å². The molecular formula is C29H52O4Si. The van der Waals surface area contributed by atoms with Crippen molar-refractivity contribution < 1.29 is 19.0 Å². The summed E-state index contributed by atoms with van der Waals surface area (Å²) in [5.41, 5.74) is 0.962. The minimum atomic E-state index is -1.95. The molecule has 2 aliphatic rings. The van der Waals surface area contributed by atoms with Gasteiger partial charge in [-0.1, -0.05) is 73.1 Å². The molecule has 0 radical (unpaired) electrons. The summed E-state index contributed by atoms with van der Waals surface area (Å²) in [7, 11) is -1.95. The maximum absolute atomic E-state index is 10.6. The lowest BCUT2D eigenvalue weighted by Gasteiger charge is -2.50. The minimum Gasteiger partial charge on any atom is -0.414 e. The smallest absolute Gasteiger partial charge is 0.192 e. The lowest BCUT2D eigenvalue weighted by molar-refractivity contribution is -0.297. The van der Waals surface area contributed by atoms with Gasteiger partial charge >= 0.3 is 0 Å². The Morgan fingerprint density at radius 2 is 1.94 bits per heavy atom. The van der Waals surface area contributed by atoms with Gasteiger partial charge in [-0.2, -0.15) is 0 Å². The van der Waals surface area contributed by atoms with E-state index in [2.05, 4.69) is 79.4 Å². The molecule has 0 unspecified atom stereocenters. The number of hydrogen-bond acceptors (Lipinski definition) is 4. The van der Waals surface area contributed by atoms with Crippen molar-refractivity contribution in [3.05, 3.63) is 36.5 Å². The molecule has 0 aromatic rings. The summed E-state index contributed by atoms with van der Waals surface area (Å²) < 4.78 is 20.4. The summed E-state index contributed by atoms with van der Waals surface area (Å²) in [5, 5.41) is 10.7. The number of rotatable bonds is 9. The van der Waals surface area contributed by atoms with Gasteiger partial charge in [0.25, 0.3) is 0 Å². The molecule has 0 aromatic heterocycles. The molecule has 34 heavy (non-hydrogen) atoms. The molecule has 1 fully saturated rings. The maximum Gasteiger partial charge on any atom is 0.192 e. The van der Waals surface area contributed by atoms with Crippen LogP contribution in [-0.2, 0) is 13.9 Å². The summed E-state index contributed by atoms with van der Waals surface area (Å²) >= 11 is 0. The van der Waals surface area contributed by atoms with Crippen LogP contribution >= 0.6 is 0 Å². The number of hydrogen-bond donors (Lipinski definition) is 1. The van der Waals surface area contributed by atoms with Gasteiger partial charge in [0.05, 0.1) is 24.4 Å². The third-order valence-electron chi connectivity index (χ3n) is 8.42. The van der Waals surface area contributed by atoms with Crippen molar-refractivity contribution in [1.82, 2.24) is 0 Å². The van der Waals surface area contributed by atoms with Crippen LogP contribution in [0.3, 0.4) is 0 Å². The SMILES string of the molecule is C=C[C@H](C)[C@H](O)/C(C)=C/C[C@@H]1C[C@H](O[Si](C)(C)C(C)(C)C)C[C@]2(C=C[C@H](C)[C@@H]([C@@H](C)CC)O2)O1. The van der Waals surface area contributed by atoms with Crippen LogP contribution in [0, 0.1) is 17.8 Å². The van der Waals surface area contributed by atoms with Gasteiger partial charge in [0.15, 0.2) is 14.1 Å². The normalized spacial score (nSPS) is 33.6. The molecule has 1 N–H and O–H groups in total. The Balaban J connectivity index is 2.31. The van der Waals surface area contributed by atoms with E-state index in [-0.39, 0.29) is 29.3 Å². The molecule has 5 heteroatoms. The minimum absolute atomic E-state index is 0.0203. The molecule has 2 rings (SSSR count). The molecule has 0 aromatic carbocycles. The van der Waals surface area contributed by atoms with Gasteiger partial charge in [-0.3, -0.25) is 0 Å². The summed E-state index contributed by atoms with van der Waals surface area (Å²) in [4.78, 5) is 0. The third-order valence-corrected chi connectivity index (χ3v) is 13.0. The second kappa shape index (κ2) is 11.6. The number of aliphatic hydroxyl groups excluding tert-OH is 1. The fourth-order valence-corrected chi connectivity index (χ4v) is 6.08. The van der Waals surface area contributed by atoms with Gasteiger partial charge in [0.1, 0.15) is 0 Å². The molecule has 0 saturated carbocycles. The highest BCUT2D eigenvalue weighted by molar-refractivity contribution is 6.74. The second-order valence-corrected chi connectivity index (χ2v) is 17.2. The van der Waals surface area contributed by atoms with E-state index in [0.29, 0.717) is 11.8 Å². The molecule has 2 aliphatic heterocycles. The van der Waals surface area contributed by atoms with Crippen LogP contribution in [0.4, 0.5) is 0 Å². The van der Waals surface area contributed by atoms with Gasteiger partial charge in [0.2, 0.25) is 0 Å². The number of ether oxygens (including phenoxy) is 2. The van der Waals surface area contributed by atoms with Crippen LogP contribution in [0.25, 0.3) is 0 Å². The van der Waals surface area contributed by atoms with Crippen molar-refractivity contribution in [1.29, 1.82) is 0 Å². The molecule has 4 nitrogen and oxygen atoms in total. The Morgan fingerprint density at radius 3 is 2.50 bits per heavy atom. The standard InChI is InChI=1S/C29H52O4Si/c1-12-20(3)26(30)22(5)14-15-24-18-25(33-34(10,11)28(7,8)9)19-29(31-24)17-16-23(6)27(32-29)21(4)13-2/h12,14,16-17,20-21,23-27,30H,1,13,15,18-19H2,2-11H3/b22-14+/t20-,21-,23-,24+,25-,26-,27+,29+/m0/s1. The van der Waals surface area contributed by atoms with Crippen LogP contribution < -0.4 is 0 Å². The van der Waals surface area contributed by atoms with E-state index in [1.807, 2.05) is 13.8 Å². The van der Waals surface area contributed by atoms with Crippen molar-refractivity contribution in [2.75, 3.05) is 0 Å². The van der Waals surface area contributed by atoms with Crippen molar-refractivity contribution in [2.24, 2.45) is 17.8 Å². The van der Waals surface area contributed by atoms with E-state index in [1.165, 1.54) is 0 Å². The molecular weight excluding hydrogens is 440 g/mol. The molecule has 0 aliphatic carbocycles. The Hall–Kier alpha value is -0.723. The van der Waals surface area contributed by atoms with Crippen LogP contribution in [0.5, 0.6) is 0 Å². The number of aliphatic hydroxyl groups is 1. The van der Waals surface area contributed by atoms with Gasteiger partial charge in [-0.15, -0.1) is 6.58 Å². The highest BCUT2D eigenvalue weighted by Gasteiger charge is 2.48. The van der Waals surface area contributed by atoms with Gasteiger partial charge in [0, 0.05) is 18.3 Å². The predicted molar refractivity (Wildman–Crippen MR) is 145 cm³/mol. The largest absolute Gasteiger partial charge is 0.414 e. The summed E-state index contributed by atoms with van der Waals surface area (Å²) in [6, 6.07) is 0. The van der Waals surface area contributed by atoms with Crippen molar-refractivity contribution in [3.8, 4) is 0 Å². The quantitative estimate of drug-likeness (QED) is 0.269. The second-order valence-electron chi connectivity index (χ2n) is 12.4. The van der Waals surface area contributed by atoms with Crippen LogP contribution in [0.1, 0.15) is 81.1 Å². The zero-order valence-electron chi connectivity index (χ0n) is 23.6.